The van der Waals surface area contributed by atoms with Crippen LogP contribution in [0.2, 0.25) is 0 Å². The molecule has 4 rings (SSSR count). The van der Waals surface area contributed by atoms with Gasteiger partial charge in [-0.2, -0.15) is 5.26 Å². The summed E-state index contributed by atoms with van der Waals surface area (Å²) in [4.78, 5) is 15.0. The lowest BCUT2D eigenvalue weighted by atomic mass is 9.97. The molecule has 0 saturated carbocycles. The zero-order chi connectivity index (χ0) is 20.4. The van der Waals surface area contributed by atoms with Gasteiger partial charge in [0.1, 0.15) is 11.6 Å². The van der Waals surface area contributed by atoms with Crippen LogP contribution in [0.5, 0.6) is 0 Å². The Morgan fingerprint density at radius 1 is 0.966 bits per heavy atom. The van der Waals surface area contributed by atoms with Crippen molar-refractivity contribution >= 4 is 22.3 Å². The Morgan fingerprint density at radius 2 is 1.66 bits per heavy atom. The Hall–Kier alpha value is -4.28. The second-order valence-corrected chi connectivity index (χ2v) is 6.40. The lowest BCUT2D eigenvalue weighted by Gasteiger charge is -2.12. The number of hydrogen-bond donors (Lipinski definition) is 2. The van der Waals surface area contributed by atoms with E-state index in [0.717, 1.165) is 16.3 Å². The van der Waals surface area contributed by atoms with E-state index in [-0.39, 0.29) is 17.1 Å². The van der Waals surface area contributed by atoms with Gasteiger partial charge < -0.3 is 5.43 Å². The van der Waals surface area contributed by atoms with E-state index in [4.69, 9.17) is 5.84 Å². The highest BCUT2D eigenvalue weighted by molar-refractivity contribution is 5.88. The number of rotatable bonds is 4. The molecule has 29 heavy (non-hydrogen) atoms. The second-order valence-electron chi connectivity index (χ2n) is 6.40. The van der Waals surface area contributed by atoms with Gasteiger partial charge in [0.2, 0.25) is 0 Å². The molecule has 3 N–H and O–H groups in total. The van der Waals surface area contributed by atoms with Gasteiger partial charge in [-0.15, -0.1) is 0 Å². The number of aromatic nitrogens is 1. The van der Waals surface area contributed by atoms with Gasteiger partial charge in [0, 0.05) is 23.3 Å². The zero-order valence-corrected chi connectivity index (χ0v) is 15.2. The number of hydrogen-bond acceptors (Lipinski definition) is 6. The van der Waals surface area contributed by atoms with Crippen LogP contribution in [0.4, 0.5) is 11.5 Å². The summed E-state index contributed by atoms with van der Waals surface area (Å²) in [6.45, 7) is 0. The number of benzene rings is 3. The first-order valence-electron chi connectivity index (χ1n) is 8.76. The van der Waals surface area contributed by atoms with Crippen LogP contribution < -0.4 is 11.3 Å². The molecule has 0 radical (unpaired) electrons. The van der Waals surface area contributed by atoms with Crippen molar-refractivity contribution < 1.29 is 4.92 Å². The summed E-state index contributed by atoms with van der Waals surface area (Å²) in [5.41, 5.74) is 5.50. The van der Waals surface area contributed by atoms with Crippen molar-refractivity contribution in [3.05, 3.63) is 88.5 Å². The molecule has 0 aliphatic carbocycles. The number of nitrogens with two attached hydrogens (primary N) is 1. The molecule has 4 aromatic rings. The van der Waals surface area contributed by atoms with E-state index in [2.05, 4.69) is 16.5 Å². The van der Waals surface area contributed by atoms with Crippen molar-refractivity contribution in [3.63, 3.8) is 0 Å². The van der Waals surface area contributed by atoms with Crippen LogP contribution in [0.1, 0.15) is 5.56 Å². The van der Waals surface area contributed by atoms with Crippen LogP contribution in [0.3, 0.4) is 0 Å². The Labute approximate surface area is 166 Å². The first-order valence-corrected chi connectivity index (χ1v) is 8.76. The molecule has 0 bridgehead atoms. The highest BCUT2D eigenvalue weighted by atomic mass is 16.6. The quantitative estimate of drug-likeness (QED) is 0.302. The van der Waals surface area contributed by atoms with Gasteiger partial charge in [-0.3, -0.25) is 10.1 Å². The lowest BCUT2D eigenvalue weighted by molar-refractivity contribution is -0.384. The minimum atomic E-state index is -0.463. The maximum absolute atomic E-state index is 10.9. The summed E-state index contributed by atoms with van der Waals surface area (Å²) in [7, 11) is 0. The Bertz CT molecular complexity index is 1280. The fourth-order valence-corrected chi connectivity index (χ4v) is 3.25. The van der Waals surface area contributed by atoms with Crippen LogP contribution >= 0.6 is 0 Å². The minimum Gasteiger partial charge on any atom is -0.307 e. The summed E-state index contributed by atoms with van der Waals surface area (Å²) >= 11 is 0. The lowest BCUT2D eigenvalue weighted by Crippen LogP contribution is -2.11. The third kappa shape index (κ3) is 3.36. The normalized spacial score (nSPS) is 10.5. The number of nitro groups is 1. The number of nitrogens with zero attached hydrogens (tertiary/aromatic N) is 3. The predicted molar refractivity (Wildman–Crippen MR) is 112 cm³/mol. The molecule has 0 aliphatic heterocycles. The zero-order valence-electron chi connectivity index (χ0n) is 15.2. The smallest absolute Gasteiger partial charge is 0.269 e. The molecular weight excluding hydrogens is 366 g/mol. The largest absolute Gasteiger partial charge is 0.307 e. The van der Waals surface area contributed by atoms with Crippen molar-refractivity contribution in [2.75, 3.05) is 5.43 Å². The van der Waals surface area contributed by atoms with E-state index in [9.17, 15) is 15.4 Å². The summed E-state index contributed by atoms with van der Waals surface area (Å²) in [6.07, 6.45) is 0. The van der Waals surface area contributed by atoms with Crippen molar-refractivity contribution in [3.8, 4) is 28.5 Å². The van der Waals surface area contributed by atoms with E-state index < -0.39 is 4.92 Å². The Kier molecular flexibility index (Phi) is 4.61. The number of nitrogens with one attached hydrogen (secondary N) is 1. The molecule has 1 aromatic heterocycles. The van der Waals surface area contributed by atoms with Crippen molar-refractivity contribution in [1.82, 2.24) is 4.98 Å². The van der Waals surface area contributed by atoms with Crippen molar-refractivity contribution in [1.29, 1.82) is 5.26 Å². The summed E-state index contributed by atoms with van der Waals surface area (Å²) < 4.78 is 0. The van der Waals surface area contributed by atoms with Crippen LogP contribution in [0.25, 0.3) is 33.2 Å². The fraction of sp³-hybridized carbons (Fsp3) is 0. The van der Waals surface area contributed by atoms with Gasteiger partial charge in [-0.25, -0.2) is 10.8 Å². The molecule has 0 spiro atoms. The van der Waals surface area contributed by atoms with Crippen LogP contribution in [-0.2, 0) is 0 Å². The Balaban J connectivity index is 1.90. The monoisotopic (exact) mass is 381 g/mol. The van der Waals surface area contributed by atoms with E-state index in [0.29, 0.717) is 16.8 Å². The topological polar surface area (TPSA) is 118 Å². The first kappa shape index (κ1) is 18.1. The number of nitrogen functional groups attached to an aromatic ring is 1. The van der Waals surface area contributed by atoms with Gasteiger partial charge >= 0.3 is 0 Å². The molecule has 0 saturated heterocycles. The second kappa shape index (κ2) is 7.38. The van der Waals surface area contributed by atoms with Crippen molar-refractivity contribution in [2.45, 2.75) is 0 Å². The highest BCUT2D eigenvalue weighted by Gasteiger charge is 2.16. The van der Waals surface area contributed by atoms with Gasteiger partial charge in [0.05, 0.1) is 10.6 Å². The fourth-order valence-electron chi connectivity index (χ4n) is 3.25. The Morgan fingerprint density at radius 3 is 2.31 bits per heavy atom. The molecule has 1 heterocycles. The van der Waals surface area contributed by atoms with Crippen LogP contribution in [-0.4, -0.2) is 9.91 Å². The molecule has 7 nitrogen and oxygen atoms in total. The summed E-state index contributed by atoms with van der Waals surface area (Å²) in [5, 5.41) is 22.8. The molecule has 140 valence electrons. The number of non-ortho nitro benzene ring substituents is 1. The summed E-state index contributed by atoms with van der Waals surface area (Å²) in [5.74, 6) is 5.86. The molecule has 3 aromatic carbocycles. The molecule has 0 unspecified atom stereocenters. The van der Waals surface area contributed by atoms with E-state index in [1.54, 1.807) is 18.2 Å². The molecular formula is C22H15N5O2. The van der Waals surface area contributed by atoms with E-state index in [1.165, 1.54) is 12.1 Å². The number of fused-ring (bicyclic) bond motifs is 1. The van der Waals surface area contributed by atoms with Gasteiger partial charge in [0.15, 0.2) is 5.82 Å². The van der Waals surface area contributed by atoms with Gasteiger partial charge in [-0.05, 0) is 40.6 Å². The van der Waals surface area contributed by atoms with Gasteiger partial charge in [0.25, 0.3) is 5.69 Å². The number of nitriles is 1. The summed E-state index contributed by atoms with van der Waals surface area (Å²) in [6, 6.07) is 23.9. The first-order chi connectivity index (χ1) is 14.1. The number of anilines is 1. The molecule has 0 aliphatic rings. The molecule has 0 amide bonds. The van der Waals surface area contributed by atoms with Crippen LogP contribution in [0, 0.1) is 21.4 Å². The molecule has 7 heteroatoms. The van der Waals surface area contributed by atoms with Gasteiger partial charge in [-0.1, -0.05) is 36.4 Å². The number of hydrazine groups is 1. The van der Waals surface area contributed by atoms with Crippen molar-refractivity contribution in [2.24, 2.45) is 5.84 Å². The highest BCUT2D eigenvalue weighted by Crippen LogP contribution is 2.33. The minimum absolute atomic E-state index is 0.0201. The average Bonchev–Trinajstić information content (AvgIpc) is 2.77. The average molecular weight is 381 g/mol. The van der Waals surface area contributed by atoms with E-state index >= 15 is 0 Å². The predicted octanol–water partition coefficient (Wildman–Crippen LogP) is 4.63. The third-order valence-corrected chi connectivity index (χ3v) is 4.70. The maximum Gasteiger partial charge on any atom is 0.269 e. The van der Waals surface area contributed by atoms with E-state index in [1.807, 2.05) is 42.5 Å². The number of nitro benzene ring substituents is 1. The molecule has 0 fully saturated rings. The standard InChI is InChI=1S/C22H15N5O2/c23-13-20-19(15-7-9-18(10-8-15)27(28)29)12-21(25-22(20)26-24)17-6-5-14-3-1-2-4-16(14)11-17/h1-12H,24H2,(H,25,26). The maximum atomic E-state index is 10.9. The SMILES string of the molecule is N#Cc1c(-c2ccc([N+](=O)[O-])cc2)cc(-c2ccc3ccccc3c2)nc1NN. The molecule has 0 atom stereocenters. The van der Waals surface area contributed by atoms with Crippen LogP contribution in [0.15, 0.2) is 72.8 Å². The number of pyridine rings is 1. The third-order valence-electron chi connectivity index (χ3n) is 4.70.